The van der Waals surface area contributed by atoms with Crippen LogP contribution in [0.5, 0.6) is 0 Å². The summed E-state index contributed by atoms with van der Waals surface area (Å²) in [6.07, 6.45) is 16.8. The number of carbonyl (C=O) groups is 2. The number of nitrogens with two attached hydrogens (primary N) is 1. The summed E-state index contributed by atoms with van der Waals surface area (Å²) >= 11 is 0. The summed E-state index contributed by atoms with van der Waals surface area (Å²) in [4.78, 5) is 35.6. The van der Waals surface area contributed by atoms with Crippen molar-refractivity contribution in [2.75, 3.05) is 19.6 Å². The molecule has 8 rings (SSSR count). The third-order valence-electron chi connectivity index (χ3n) is 11.1. The van der Waals surface area contributed by atoms with Crippen molar-refractivity contribution in [1.29, 1.82) is 0 Å². The maximum absolute atomic E-state index is 13.5. The van der Waals surface area contributed by atoms with Crippen molar-refractivity contribution in [3.05, 3.63) is 12.4 Å². The van der Waals surface area contributed by atoms with E-state index in [1.54, 1.807) is 0 Å². The third kappa shape index (κ3) is 3.90. The van der Waals surface area contributed by atoms with Crippen LogP contribution >= 0.6 is 0 Å². The van der Waals surface area contributed by atoms with Crippen molar-refractivity contribution in [2.45, 2.75) is 101 Å². The Morgan fingerprint density at radius 2 is 1.86 bits per heavy atom. The second-order valence-corrected chi connectivity index (χ2v) is 13.0. The van der Waals surface area contributed by atoms with E-state index in [2.05, 4.69) is 27.5 Å². The van der Waals surface area contributed by atoms with Gasteiger partial charge in [0.1, 0.15) is 18.1 Å². The third-order valence-corrected chi connectivity index (χ3v) is 11.1. The summed E-state index contributed by atoms with van der Waals surface area (Å²) in [5, 5.41) is 13.1. The van der Waals surface area contributed by atoms with Crippen LogP contribution in [-0.2, 0) is 4.79 Å². The van der Waals surface area contributed by atoms with Gasteiger partial charge in [-0.3, -0.25) is 19.9 Å². The number of aliphatic imine (C=N–C) groups is 1. The minimum atomic E-state index is -0.421. The molecule has 3 heterocycles. The highest BCUT2D eigenvalue weighted by atomic mass is 16.2. The van der Waals surface area contributed by atoms with Crippen LogP contribution < -0.4 is 21.3 Å². The normalized spacial score (nSPS) is 43.5. The van der Waals surface area contributed by atoms with Crippen LogP contribution in [-0.4, -0.2) is 71.1 Å². The Morgan fingerprint density at radius 1 is 1.11 bits per heavy atom. The van der Waals surface area contributed by atoms with Crippen LogP contribution in [0.4, 0.5) is 4.79 Å². The van der Waals surface area contributed by atoms with Gasteiger partial charge in [-0.15, -0.1) is 0 Å². The van der Waals surface area contributed by atoms with Crippen molar-refractivity contribution in [3.63, 3.8) is 0 Å². The fourth-order valence-corrected chi connectivity index (χ4v) is 8.75. The molecule has 5 unspecified atom stereocenters. The molecule has 37 heavy (non-hydrogen) atoms. The minimum Gasteiger partial charge on any atom is -0.358 e. The lowest BCUT2D eigenvalue weighted by atomic mass is 9.56. The van der Waals surface area contributed by atoms with Gasteiger partial charge in [0.15, 0.2) is 12.3 Å². The molecular weight excluding hydrogens is 466 g/mol. The Kier molecular flexibility index (Phi) is 5.81. The smallest absolute Gasteiger partial charge is 0.328 e. The number of rotatable bonds is 9. The Balaban J connectivity index is 1.05. The fourth-order valence-electron chi connectivity index (χ4n) is 8.75. The van der Waals surface area contributed by atoms with Crippen molar-refractivity contribution in [1.82, 2.24) is 25.8 Å². The van der Waals surface area contributed by atoms with E-state index in [4.69, 9.17) is 4.99 Å². The Labute approximate surface area is 220 Å². The summed E-state index contributed by atoms with van der Waals surface area (Å²) in [6.45, 7) is 4.22. The van der Waals surface area contributed by atoms with Gasteiger partial charge in [-0.05, 0) is 82.0 Å². The highest BCUT2D eigenvalue weighted by Crippen LogP contribution is 2.59. The van der Waals surface area contributed by atoms with Crippen molar-refractivity contribution in [2.24, 2.45) is 28.2 Å². The van der Waals surface area contributed by atoms with Gasteiger partial charge >= 0.3 is 6.03 Å². The standard InChI is InChI=1S/C28H43N7O2/c1-2-15-35-24(36)22-23(34(26(35)37)16-6-20-18-4-3-5-19(18)20)33-25(32-22)27-7-10-28(11-8-27,12-9-27)31-17-21-29-13-14-30-21/h13-14,18-23,29-31H,2-12,15-17H2,1H3,(H,32,33)/p+1. The number of imide groups is 1. The molecule has 5 saturated carbocycles. The zero-order valence-corrected chi connectivity index (χ0v) is 22.3. The SMILES string of the molecule is CCCN1C(=O)C2NC(C34CCC(NCC5NC=C[NH2+]5)(CC3)CC4)=NC2N(CCC2C3CCCC32)C1=O. The van der Waals surface area contributed by atoms with Crippen LogP contribution in [0.3, 0.4) is 0 Å². The maximum Gasteiger partial charge on any atom is 0.328 e. The second kappa shape index (κ2) is 8.97. The van der Waals surface area contributed by atoms with E-state index in [-0.39, 0.29) is 29.1 Å². The molecule has 0 aromatic carbocycles. The summed E-state index contributed by atoms with van der Waals surface area (Å²) < 4.78 is 0. The number of hydrogen-bond donors (Lipinski definition) is 4. The van der Waals surface area contributed by atoms with Gasteiger partial charge in [0, 0.05) is 24.0 Å². The van der Waals surface area contributed by atoms with Gasteiger partial charge < -0.3 is 16.0 Å². The number of carbonyl (C=O) groups excluding carboxylic acids is 2. The molecule has 1 saturated heterocycles. The summed E-state index contributed by atoms with van der Waals surface area (Å²) in [5.74, 6) is 3.49. The van der Waals surface area contributed by atoms with Crippen molar-refractivity contribution < 1.29 is 14.9 Å². The first-order valence-corrected chi connectivity index (χ1v) is 15.0. The maximum atomic E-state index is 13.5. The van der Waals surface area contributed by atoms with Gasteiger partial charge in [0.05, 0.1) is 12.7 Å². The molecule has 5 N–H and O–H groups in total. The molecule has 0 aromatic rings. The molecule has 3 aliphatic heterocycles. The van der Waals surface area contributed by atoms with E-state index in [1.165, 1.54) is 24.2 Å². The number of nitrogens with zero attached hydrogens (tertiary/aromatic N) is 3. The van der Waals surface area contributed by atoms with Crippen LogP contribution in [0.15, 0.2) is 17.4 Å². The highest BCUT2D eigenvalue weighted by Gasteiger charge is 2.57. The number of urea groups is 1. The van der Waals surface area contributed by atoms with Crippen molar-refractivity contribution in [3.8, 4) is 0 Å². The van der Waals surface area contributed by atoms with Crippen LogP contribution in [0.1, 0.15) is 77.6 Å². The number of amides is 3. The Morgan fingerprint density at radius 3 is 2.54 bits per heavy atom. The molecular formula is C28H44N7O2+. The lowest BCUT2D eigenvalue weighted by Crippen LogP contribution is -2.87. The molecule has 5 aliphatic carbocycles. The molecule has 5 atom stereocenters. The molecule has 9 heteroatoms. The molecule has 202 valence electrons. The average Bonchev–Trinajstić information content (AvgIpc) is 3.46. The predicted octanol–water partition coefficient (Wildman–Crippen LogP) is 1.44. The van der Waals surface area contributed by atoms with Crippen molar-refractivity contribution >= 4 is 17.8 Å². The molecule has 3 amide bonds. The van der Waals surface area contributed by atoms with E-state index >= 15 is 0 Å². The van der Waals surface area contributed by atoms with E-state index in [1.807, 2.05) is 18.0 Å². The van der Waals surface area contributed by atoms with E-state index in [9.17, 15) is 9.59 Å². The minimum absolute atomic E-state index is 0.0260. The van der Waals surface area contributed by atoms with E-state index in [0.717, 1.165) is 88.0 Å². The average molecular weight is 511 g/mol. The number of nitrogens with one attached hydrogen (secondary N) is 3. The second-order valence-electron chi connectivity index (χ2n) is 13.0. The van der Waals surface area contributed by atoms with Crippen LogP contribution in [0, 0.1) is 23.2 Å². The topological polar surface area (TPSA) is 106 Å². The van der Waals surface area contributed by atoms with Gasteiger partial charge in [0.25, 0.3) is 5.91 Å². The molecule has 6 fully saturated rings. The van der Waals surface area contributed by atoms with Gasteiger partial charge in [-0.2, -0.15) is 0 Å². The van der Waals surface area contributed by atoms with Gasteiger partial charge in [-0.25, -0.2) is 9.79 Å². The summed E-state index contributed by atoms with van der Waals surface area (Å²) in [5.41, 5.74) is 0.252. The first kappa shape index (κ1) is 23.9. The Bertz CT molecular complexity index is 968. The molecule has 0 spiro atoms. The first-order valence-electron chi connectivity index (χ1n) is 15.0. The lowest BCUT2D eigenvalue weighted by molar-refractivity contribution is -0.619. The van der Waals surface area contributed by atoms with Gasteiger partial charge in [0.2, 0.25) is 0 Å². The zero-order valence-electron chi connectivity index (χ0n) is 22.3. The summed E-state index contributed by atoms with van der Waals surface area (Å²) in [7, 11) is 0. The molecule has 0 radical (unpaired) electrons. The predicted molar refractivity (Wildman–Crippen MR) is 140 cm³/mol. The lowest BCUT2D eigenvalue weighted by Gasteiger charge is -2.54. The Hall–Kier alpha value is -2.13. The number of hydrogen-bond acceptors (Lipinski definition) is 6. The largest absolute Gasteiger partial charge is 0.358 e. The summed E-state index contributed by atoms with van der Waals surface area (Å²) in [6, 6.07) is -0.541. The highest BCUT2D eigenvalue weighted by molar-refractivity contribution is 6.05. The van der Waals surface area contributed by atoms with Crippen LogP contribution in [0.25, 0.3) is 0 Å². The molecule has 2 bridgehead atoms. The zero-order chi connectivity index (χ0) is 25.2. The first-order chi connectivity index (χ1) is 18.0. The fraction of sp³-hybridized carbons (Fsp3) is 0.821. The number of fused-ring (bicyclic) bond motifs is 5. The van der Waals surface area contributed by atoms with E-state index in [0.29, 0.717) is 12.7 Å². The monoisotopic (exact) mass is 510 g/mol. The van der Waals surface area contributed by atoms with Gasteiger partial charge in [-0.1, -0.05) is 13.3 Å². The number of quaternary nitrogens is 1. The number of amidine groups is 1. The quantitative estimate of drug-likeness (QED) is 0.376. The van der Waals surface area contributed by atoms with E-state index < -0.39 is 6.04 Å². The molecule has 0 aromatic heterocycles. The molecule has 8 aliphatic rings. The van der Waals surface area contributed by atoms with Crippen LogP contribution in [0.2, 0.25) is 0 Å². The molecule has 9 nitrogen and oxygen atoms in total.